The van der Waals surface area contributed by atoms with Crippen LogP contribution in [0, 0.1) is 0 Å². The van der Waals surface area contributed by atoms with E-state index in [1.54, 1.807) is 0 Å². The van der Waals surface area contributed by atoms with Crippen LogP contribution in [-0.2, 0) is 24.1 Å². The second kappa shape index (κ2) is 6.68. The van der Waals surface area contributed by atoms with E-state index in [4.69, 9.17) is 5.73 Å². The van der Waals surface area contributed by atoms with Crippen LogP contribution in [0.25, 0.3) is 0 Å². The highest BCUT2D eigenvalue weighted by Gasteiger charge is 2.12. The molecule has 0 saturated heterocycles. The maximum absolute atomic E-state index is 11.4. The van der Waals surface area contributed by atoms with Crippen molar-refractivity contribution < 1.29 is 9.90 Å². The van der Waals surface area contributed by atoms with E-state index in [2.05, 4.69) is 23.5 Å². The van der Waals surface area contributed by atoms with Crippen molar-refractivity contribution in [2.75, 3.05) is 13.1 Å². The van der Waals surface area contributed by atoms with Crippen LogP contribution >= 0.6 is 0 Å². The van der Waals surface area contributed by atoms with Gasteiger partial charge in [-0.15, -0.1) is 0 Å². The predicted molar refractivity (Wildman–Crippen MR) is 74.9 cm³/mol. The SMILES string of the molecule is NCC(O)C(=O)NCCc1ccc2c(c1)CCCC2. The number of aliphatic hydroxyl groups excluding tert-OH is 1. The van der Waals surface area contributed by atoms with Crippen LogP contribution in [0.5, 0.6) is 0 Å². The summed E-state index contributed by atoms with van der Waals surface area (Å²) < 4.78 is 0. The smallest absolute Gasteiger partial charge is 0.250 e. The standard InChI is InChI=1S/C15H22N2O2/c16-10-14(18)15(19)17-8-7-11-5-6-12-3-1-2-4-13(12)9-11/h5-6,9,14,18H,1-4,7-8,10,16H2,(H,17,19). The first-order chi connectivity index (χ1) is 9.20. The van der Waals surface area contributed by atoms with Gasteiger partial charge in [-0.1, -0.05) is 18.2 Å². The zero-order valence-electron chi connectivity index (χ0n) is 11.2. The van der Waals surface area contributed by atoms with E-state index in [0.717, 1.165) is 6.42 Å². The summed E-state index contributed by atoms with van der Waals surface area (Å²) in [6.45, 7) is 0.499. The van der Waals surface area contributed by atoms with Crippen molar-refractivity contribution in [1.29, 1.82) is 0 Å². The Labute approximate surface area is 114 Å². The number of carbonyl (C=O) groups is 1. The summed E-state index contributed by atoms with van der Waals surface area (Å²) in [5.74, 6) is -0.388. The molecule has 1 aliphatic rings. The first kappa shape index (κ1) is 14.0. The number of aliphatic hydroxyl groups is 1. The van der Waals surface area contributed by atoms with Crippen molar-refractivity contribution in [2.24, 2.45) is 5.73 Å². The van der Waals surface area contributed by atoms with Crippen molar-refractivity contribution in [3.63, 3.8) is 0 Å². The molecule has 1 aromatic carbocycles. The zero-order chi connectivity index (χ0) is 13.7. The van der Waals surface area contributed by atoms with E-state index in [1.165, 1.54) is 42.4 Å². The number of hydrogen-bond acceptors (Lipinski definition) is 3. The van der Waals surface area contributed by atoms with Crippen LogP contribution < -0.4 is 11.1 Å². The third-order valence-electron chi connectivity index (χ3n) is 3.65. The molecule has 0 fully saturated rings. The minimum atomic E-state index is -1.09. The van der Waals surface area contributed by atoms with Crippen LogP contribution in [0.1, 0.15) is 29.5 Å². The zero-order valence-corrected chi connectivity index (χ0v) is 11.2. The van der Waals surface area contributed by atoms with Crippen LogP contribution in [0.2, 0.25) is 0 Å². The molecule has 1 unspecified atom stereocenters. The number of fused-ring (bicyclic) bond motifs is 1. The predicted octanol–water partition coefficient (Wildman–Crippen LogP) is 0.544. The lowest BCUT2D eigenvalue weighted by atomic mass is 9.90. The number of benzene rings is 1. The molecular weight excluding hydrogens is 240 g/mol. The molecule has 4 nitrogen and oxygen atoms in total. The number of carbonyl (C=O) groups excluding carboxylic acids is 1. The van der Waals surface area contributed by atoms with Crippen molar-refractivity contribution in [1.82, 2.24) is 5.32 Å². The number of nitrogens with one attached hydrogen (secondary N) is 1. The summed E-state index contributed by atoms with van der Waals surface area (Å²) in [6, 6.07) is 6.59. The average molecular weight is 262 g/mol. The highest BCUT2D eigenvalue weighted by molar-refractivity contribution is 5.80. The lowest BCUT2D eigenvalue weighted by Crippen LogP contribution is -2.39. The van der Waals surface area contributed by atoms with Gasteiger partial charge in [-0.2, -0.15) is 0 Å². The summed E-state index contributed by atoms with van der Waals surface area (Å²) in [4.78, 5) is 11.4. The van der Waals surface area contributed by atoms with Crippen LogP contribution in [-0.4, -0.2) is 30.2 Å². The molecule has 0 aliphatic heterocycles. The summed E-state index contributed by atoms with van der Waals surface area (Å²) in [6.07, 6.45) is 4.62. The molecule has 2 rings (SSSR count). The molecule has 1 atom stereocenters. The first-order valence-corrected chi connectivity index (χ1v) is 6.97. The number of nitrogens with two attached hydrogens (primary N) is 1. The Balaban J connectivity index is 1.85. The molecule has 1 aromatic rings. The Hall–Kier alpha value is -1.39. The minimum Gasteiger partial charge on any atom is -0.382 e. The molecule has 0 aromatic heterocycles. The van der Waals surface area contributed by atoms with E-state index >= 15 is 0 Å². The van der Waals surface area contributed by atoms with Gasteiger partial charge >= 0.3 is 0 Å². The fourth-order valence-electron chi connectivity index (χ4n) is 2.50. The molecule has 104 valence electrons. The van der Waals surface area contributed by atoms with Gasteiger partial charge in [0.1, 0.15) is 6.10 Å². The van der Waals surface area contributed by atoms with Crippen molar-refractivity contribution in [3.05, 3.63) is 34.9 Å². The summed E-state index contributed by atoms with van der Waals surface area (Å²) >= 11 is 0. The van der Waals surface area contributed by atoms with Crippen LogP contribution in [0.15, 0.2) is 18.2 Å². The Morgan fingerprint density at radius 3 is 2.79 bits per heavy atom. The molecule has 0 spiro atoms. The van der Waals surface area contributed by atoms with Gasteiger partial charge in [-0.05, 0) is 48.8 Å². The quantitative estimate of drug-likeness (QED) is 0.725. The topological polar surface area (TPSA) is 75.3 Å². The van der Waals surface area contributed by atoms with E-state index in [1.807, 2.05) is 0 Å². The number of hydrogen-bond donors (Lipinski definition) is 3. The van der Waals surface area contributed by atoms with Crippen molar-refractivity contribution in [3.8, 4) is 0 Å². The van der Waals surface area contributed by atoms with Gasteiger partial charge in [0.25, 0.3) is 0 Å². The first-order valence-electron chi connectivity index (χ1n) is 6.97. The molecule has 1 aliphatic carbocycles. The lowest BCUT2D eigenvalue weighted by Gasteiger charge is -2.16. The molecule has 4 N–H and O–H groups in total. The molecule has 1 amide bonds. The van der Waals surface area contributed by atoms with Crippen LogP contribution in [0.4, 0.5) is 0 Å². The highest BCUT2D eigenvalue weighted by atomic mass is 16.3. The molecular formula is C15H22N2O2. The summed E-state index contributed by atoms with van der Waals surface area (Å²) in [5.41, 5.74) is 9.39. The number of aryl methyl sites for hydroxylation is 2. The van der Waals surface area contributed by atoms with E-state index in [0.29, 0.717) is 6.54 Å². The third-order valence-corrected chi connectivity index (χ3v) is 3.65. The van der Waals surface area contributed by atoms with Gasteiger partial charge in [0.2, 0.25) is 5.91 Å². The Kier molecular flexibility index (Phi) is 4.93. The number of amides is 1. The Bertz CT molecular complexity index is 446. The molecule has 0 saturated carbocycles. The summed E-state index contributed by atoms with van der Waals surface area (Å²) in [7, 11) is 0. The third kappa shape index (κ3) is 3.78. The average Bonchev–Trinajstić information content (AvgIpc) is 2.46. The van der Waals surface area contributed by atoms with Gasteiger partial charge in [0, 0.05) is 13.1 Å². The monoisotopic (exact) mass is 262 g/mol. The second-order valence-corrected chi connectivity index (χ2v) is 5.10. The number of rotatable bonds is 5. The summed E-state index contributed by atoms with van der Waals surface area (Å²) in [5, 5.41) is 11.9. The highest BCUT2D eigenvalue weighted by Crippen LogP contribution is 2.22. The maximum atomic E-state index is 11.4. The normalized spacial score (nSPS) is 15.7. The van der Waals surface area contributed by atoms with Gasteiger partial charge in [-0.3, -0.25) is 4.79 Å². The van der Waals surface area contributed by atoms with E-state index in [9.17, 15) is 9.90 Å². The molecule has 19 heavy (non-hydrogen) atoms. The van der Waals surface area contributed by atoms with Crippen molar-refractivity contribution in [2.45, 2.75) is 38.2 Å². The lowest BCUT2D eigenvalue weighted by molar-refractivity contribution is -0.128. The van der Waals surface area contributed by atoms with Gasteiger partial charge in [0.15, 0.2) is 0 Å². The molecule has 0 bridgehead atoms. The fraction of sp³-hybridized carbons (Fsp3) is 0.533. The Morgan fingerprint density at radius 1 is 1.32 bits per heavy atom. The largest absolute Gasteiger partial charge is 0.382 e. The molecule has 0 heterocycles. The minimum absolute atomic E-state index is 0.0370. The fourth-order valence-corrected chi connectivity index (χ4v) is 2.50. The Morgan fingerprint density at radius 2 is 2.05 bits per heavy atom. The maximum Gasteiger partial charge on any atom is 0.250 e. The van der Waals surface area contributed by atoms with Crippen LogP contribution in [0.3, 0.4) is 0 Å². The van der Waals surface area contributed by atoms with Gasteiger partial charge < -0.3 is 16.2 Å². The second-order valence-electron chi connectivity index (χ2n) is 5.10. The van der Waals surface area contributed by atoms with Gasteiger partial charge in [0.05, 0.1) is 0 Å². The molecule has 4 heteroatoms. The van der Waals surface area contributed by atoms with E-state index in [-0.39, 0.29) is 12.5 Å². The van der Waals surface area contributed by atoms with Crippen molar-refractivity contribution >= 4 is 5.91 Å². The molecule has 0 radical (unpaired) electrons. The van der Waals surface area contributed by atoms with Gasteiger partial charge in [-0.25, -0.2) is 0 Å². The van der Waals surface area contributed by atoms with E-state index < -0.39 is 6.10 Å².